The maximum Gasteiger partial charge on any atom is 0.0954 e. The first-order valence-corrected chi connectivity index (χ1v) is 3.21. The lowest BCUT2D eigenvalue weighted by atomic mass is 10.3. The summed E-state index contributed by atoms with van der Waals surface area (Å²) in [5, 5.41) is 8.46. The van der Waals surface area contributed by atoms with Crippen LogP contribution in [0.5, 0.6) is 0 Å². The molecule has 0 saturated heterocycles. The van der Waals surface area contributed by atoms with E-state index < -0.39 is 0 Å². The van der Waals surface area contributed by atoms with Crippen molar-refractivity contribution in [2.75, 3.05) is 13.6 Å². The summed E-state index contributed by atoms with van der Waals surface area (Å²) in [5.74, 6) is 5.66. The van der Waals surface area contributed by atoms with Crippen LogP contribution in [0.15, 0.2) is 0 Å². The Bertz CT molecular complexity index is 180. The minimum absolute atomic E-state index is 0.0409. The standard InChI is InChI=1S/C8H12N2/c1-4-5-6-10(3)8(2)7-9/h8H,6H2,1-3H3. The van der Waals surface area contributed by atoms with Crippen LogP contribution < -0.4 is 0 Å². The van der Waals surface area contributed by atoms with Gasteiger partial charge in [0.1, 0.15) is 0 Å². The van der Waals surface area contributed by atoms with Crippen molar-refractivity contribution in [1.82, 2.24) is 4.90 Å². The molecule has 0 aliphatic carbocycles. The van der Waals surface area contributed by atoms with Crippen LogP contribution in [0.4, 0.5) is 0 Å². The molecule has 0 bridgehead atoms. The summed E-state index contributed by atoms with van der Waals surface area (Å²) in [6.07, 6.45) is 0. The molecule has 0 fully saturated rings. The van der Waals surface area contributed by atoms with Gasteiger partial charge in [0.05, 0.1) is 18.7 Å². The van der Waals surface area contributed by atoms with E-state index in [0.717, 1.165) is 0 Å². The van der Waals surface area contributed by atoms with Crippen LogP contribution in [0.2, 0.25) is 0 Å². The Labute approximate surface area is 62.4 Å². The first kappa shape index (κ1) is 9.01. The van der Waals surface area contributed by atoms with Gasteiger partial charge >= 0.3 is 0 Å². The van der Waals surface area contributed by atoms with Crippen molar-refractivity contribution < 1.29 is 0 Å². The summed E-state index contributed by atoms with van der Waals surface area (Å²) >= 11 is 0. The van der Waals surface area contributed by atoms with Crippen molar-refractivity contribution in [2.24, 2.45) is 0 Å². The van der Waals surface area contributed by atoms with E-state index in [0.29, 0.717) is 6.54 Å². The zero-order valence-electron chi connectivity index (χ0n) is 6.68. The number of hydrogen-bond acceptors (Lipinski definition) is 2. The fourth-order valence-corrected chi connectivity index (χ4v) is 0.439. The van der Waals surface area contributed by atoms with Crippen LogP contribution in [0.25, 0.3) is 0 Å². The molecule has 0 rings (SSSR count). The molecule has 0 heterocycles. The molecule has 54 valence electrons. The zero-order valence-corrected chi connectivity index (χ0v) is 6.68. The summed E-state index contributed by atoms with van der Waals surface area (Å²) in [4.78, 5) is 1.90. The Balaban J connectivity index is 3.71. The number of rotatable bonds is 2. The van der Waals surface area contributed by atoms with Gasteiger partial charge in [-0.05, 0) is 20.9 Å². The van der Waals surface area contributed by atoms with Gasteiger partial charge in [-0.1, -0.05) is 5.92 Å². The average molecular weight is 136 g/mol. The first-order chi connectivity index (χ1) is 4.72. The van der Waals surface area contributed by atoms with Crippen molar-refractivity contribution in [3.8, 4) is 17.9 Å². The quantitative estimate of drug-likeness (QED) is 0.526. The molecule has 0 saturated carbocycles. The summed E-state index contributed by atoms with van der Waals surface area (Å²) < 4.78 is 0. The van der Waals surface area contributed by atoms with Crippen molar-refractivity contribution in [3.05, 3.63) is 0 Å². The van der Waals surface area contributed by atoms with Crippen molar-refractivity contribution in [1.29, 1.82) is 5.26 Å². The summed E-state index contributed by atoms with van der Waals surface area (Å²) in [5.41, 5.74) is 0. The lowest BCUT2D eigenvalue weighted by Crippen LogP contribution is -2.27. The molecule has 0 aromatic heterocycles. The predicted molar refractivity (Wildman–Crippen MR) is 41.2 cm³/mol. The smallest absolute Gasteiger partial charge is 0.0954 e. The van der Waals surface area contributed by atoms with Crippen LogP contribution >= 0.6 is 0 Å². The highest BCUT2D eigenvalue weighted by Gasteiger charge is 2.03. The molecule has 0 N–H and O–H groups in total. The fourth-order valence-electron chi connectivity index (χ4n) is 0.439. The molecule has 0 aromatic rings. The summed E-state index contributed by atoms with van der Waals surface area (Å²) in [6, 6.07) is 2.09. The molecule has 1 atom stereocenters. The van der Waals surface area contributed by atoms with Gasteiger partial charge in [0, 0.05) is 0 Å². The van der Waals surface area contributed by atoms with E-state index >= 15 is 0 Å². The molecular formula is C8H12N2. The molecule has 0 aliphatic heterocycles. The maximum atomic E-state index is 8.46. The monoisotopic (exact) mass is 136 g/mol. The van der Waals surface area contributed by atoms with Gasteiger partial charge < -0.3 is 0 Å². The minimum Gasteiger partial charge on any atom is -0.280 e. The van der Waals surface area contributed by atoms with Gasteiger partial charge in [-0.2, -0.15) is 5.26 Å². The van der Waals surface area contributed by atoms with Gasteiger partial charge in [0.2, 0.25) is 0 Å². The third kappa shape index (κ3) is 3.12. The number of nitrogens with zero attached hydrogens (tertiary/aromatic N) is 2. The second kappa shape index (κ2) is 4.85. The van der Waals surface area contributed by atoms with Crippen LogP contribution in [0, 0.1) is 23.2 Å². The Kier molecular flexibility index (Phi) is 4.37. The van der Waals surface area contributed by atoms with E-state index in [-0.39, 0.29) is 6.04 Å². The van der Waals surface area contributed by atoms with Crippen LogP contribution in [-0.2, 0) is 0 Å². The van der Waals surface area contributed by atoms with Gasteiger partial charge in [0.25, 0.3) is 0 Å². The molecule has 10 heavy (non-hydrogen) atoms. The van der Waals surface area contributed by atoms with E-state index in [1.807, 2.05) is 18.9 Å². The summed E-state index contributed by atoms with van der Waals surface area (Å²) in [6.45, 7) is 4.33. The van der Waals surface area contributed by atoms with Crippen LogP contribution in [0.3, 0.4) is 0 Å². The Morgan fingerprint density at radius 1 is 1.60 bits per heavy atom. The Morgan fingerprint density at radius 3 is 2.60 bits per heavy atom. The zero-order chi connectivity index (χ0) is 7.98. The third-order valence-corrected chi connectivity index (χ3v) is 1.35. The molecular weight excluding hydrogens is 124 g/mol. The van der Waals surface area contributed by atoms with Crippen molar-refractivity contribution >= 4 is 0 Å². The van der Waals surface area contributed by atoms with Crippen LogP contribution in [-0.4, -0.2) is 24.5 Å². The Morgan fingerprint density at radius 2 is 2.20 bits per heavy atom. The van der Waals surface area contributed by atoms with Gasteiger partial charge in [-0.3, -0.25) is 4.90 Å². The van der Waals surface area contributed by atoms with E-state index in [9.17, 15) is 0 Å². The van der Waals surface area contributed by atoms with Gasteiger partial charge in [-0.15, -0.1) is 5.92 Å². The molecule has 0 aromatic carbocycles. The number of hydrogen-bond donors (Lipinski definition) is 0. The highest BCUT2D eigenvalue weighted by Crippen LogP contribution is 1.90. The molecule has 1 unspecified atom stereocenters. The first-order valence-electron chi connectivity index (χ1n) is 3.21. The largest absolute Gasteiger partial charge is 0.280 e. The number of nitriles is 1. The molecule has 2 nitrogen and oxygen atoms in total. The van der Waals surface area contributed by atoms with E-state index in [4.69, 9.17) is 5.26 Å². The normalized spacial score (nSPS) is 11.5. The second-order valence-corrected chi connectivity index (χ2v) is 2.15. The van der Waals surface area contributed by atoms with E-state index in [2.05, 4.69) is 17.9 Å². The third-order valence-electron chi connectivity index (χ3n) is 1.35. The van der Waals surface area contributed by atoms with Crippen molar-refractivity contribution in [2.45, 2.75) is 19.9 Å². The molecule has 0 radical (unpaired) electrons. The van der Waals surface area contributed by atoms with Gasteiger partial charge in [-0.25, -0.2) is 0 Å². The molecule has 2 heteroatoms. The second-order valence-electron chi connectivity index (χ2n) is 2.15. The maximum absolute atomic E-state index is 8.46. The van der Waals surface area contributed by atoms with Gasteiger partial charge in [0.15, 0.2) is 0 Å². The van der Waals surface area contributed by atoms with Crippen LogP contribution in [0.1, 0.15) is 13.8 Å². The molecule has 0 aliphatic rings. The fraction of sp³-hybridized carbons (Fsp3) is 0.625. The molecule has 0 amide bonds. The minimum atomic E-state index is -0.0409. The predicted octanol–water partition coefficient (Wildman–Crippen LogP) is 0.854. The van der Waals surface area contributed by atoms with Crippen molar-refractivity contribution in [3.63, 3.8) is 0 Å². The average Bonchev–Trinajstić information content (AvgIpc) is 1.98. The highest BCUT2D eigenvalue weighted by molar-refractivity contribution is 5.00. The van der Waals surface area contributed by atoms with E-state index in [1.165, 1.54) is 0 Å². The Hall–Kier alpha value is -0.990. The SMILES string of the molecule is CC#CCN(C)C(C)C#N. The lowest BCUT2D eigenvalue weighted by molar-refractivity contribution is 0.340. The van der Waals surface area contributed by atoms with E-state index in [1.54, 1.807) is 6.92 Å². The highest BCUT2D eigenvalue weighted by atomic mass is 15.1. The summed E-state index contributed by atoms with van der Waals surface area (Å²) in [7, 11) is 1.89. The topological polar surface area (TPSA) is 27.0 Å². The molecule has 0 spiro atoms. The lowest BCUT2D eigenvalue weighted by Gasteiger charge is -2.14.